The second-order valence-corrected chi connectivity index (χ2v) is 14.0. The van der Waals surface area contributed by atoms with E-state index in [9.17, 15) is 4.79 Å². The van der Waals surface area contributed by atoms with Crippen LogP contribution < -0.4 is 0 Å². The Labute approximate surface area is 130 Å². The van der Waals surface area contributed by atoms with Crippen molar-refractivity contribution in [2.75, 3.05) is 0 Å². The van der Waals surface area contributed by atoms with Crippen molar-refractivity contribution in [1.29, 1.82) is 0 Å². The molecule has 1 heterocycles. The second-order valence-electron chi connectivity index (χ2n) is 9.27. The van der Waals surface area contributed by atoms with E-state index in [-0.39, 0.29) is 34.0 Å². The van der Waals surface area contributed by atoms with Crippen molar-refractivity contribution in [3.05, 3.63) is 0 Å². The first-order chi connectivity index (χ1) is 9.30. The number of hydrogen-bond acceptors (Lipinski definition) is 3. The van der Waals surface area contributed by atoms with Crippen LogP contribution in [-0.2, 0) is 14.0 Å². The number of ether oxygens (including phenoxy) is 1. The second kappa shape index (κ2) is 4.82. The summed E-state index contributed by atoms with van der Waals surface area (Å²) in [6.45, 7) is 18.1. The first-order valence-corrected chi connectivity index (χ1v) is 11.1. The summed E-state index contributed by atoms with van der Waals surface area (Å²) in [5.41, 5.74) is -0.303. The molecular weight excluding hydrogens is 280 g/mol. The zero-order valence-electron chi connectivity index (χ0n) is 15.0. The van der Waals surface area contributed by atoms with E-state index in [1.165, 1.54) is 0 Å². The Morgan fingerprint density at radius 1 is 1.24 bits per heavy atom. The fourth-order valence-corrected chi connectivity index (χ4v) is 5.27. The fourth-order valence-electron chi connectivity index (χ4n) is 3.79. The minimum absolute atomic E-state index is 0.0192. The van der Waals surface area contributed by atoms with Crippen LogP contribution in [0.1, 0.15) is 60.8 Å². The molecule has 1 saturated heterocycles. The van der Waals surface area contributed by atoms with Gasteiger partial charge in [-0.2, -0.15) is 0 Å². The molecule has 0 N–H and O–H groups in total. The number of esters is 1. The SMILES string of the molecule is CC1(C)[C@@H](O[Si](C)(C)C(C)(C)C)CC[C@@]2(C)OC(=O)C[C@H]12. The standard InChI is InChI=1S/C17H32O3Si/c1-15(2,3)21(7,8)20-13-9-10-17(6)12(16(13,4)5)11-14(18)19-17/h12-13H,9-11H2,1-8H3/t12-,13+,17-/m1/s1. The summed E-state index contributed by atoms with van der Waals surface area (Å²) in [5.74, 6) is 0.226. The highest BCUT2D eigenvalue weighted by Crippen LogP contribution is 2.55. The van der Waals surface area contributed by atoms with Gasteiger partial charge in [0, 0.05) is 5.92 Å². The number of carbonyl (C=O) groups excluding carboxylic acids is 1. The van der Waals surface area contributed by atoms with Gasteiger partial charge in [0.1, 0.15) is 5.60 Å². The molecule has 2 rings (SSSR count). The van der Waals surface area contributed by atoms with E-state index in [1.54, 1.807) is 0 Å². The lowest BCUT2D eigenvalue weighted by Gasteiger charge is -2.52. The van der Waals surface area contributed by atoms with E-state index in [0.29, 0.717) is 6.42 Å². The summed E-state index contributed by atoms with van der Waals surface area (Å²) in [4.78, 5) is 11.8. The quantitative estimate of drug-likeness (QED) is 0.555. The maximum absolute atomic E-state index is 11.8. The maximum atomic E-state index is 11.8. The van der Waals surface area contributed by atoms with Crippen LogP contribution in [0.15, 0.2) is 0 Å². The van der Waals surface area contributed by atoms with Crippen molar-refractivity contribution in [1.82, 2.24) is 0 Å². The largest absolute Gasteiger partial charge is 0.459 e. The molecule has 0 radical (unpaired) electrons. The van der Waals surface area contributed by atoms with Crippen LogP contribution in [0.2, 0.25) is 18.1 Å². The van der Waals surface area contributed by atoms with Crippen LogP contribution in [0.5, 0.6) is 0 Å². The van der Waals surface area contributed by atoms with Gasteiger partial charge in [-0.3, -0.25) is 4.79 Å². The minimum atomic E-state index is -1.79. The van der Waals surface area contributed by atoms with Gasteiger partial charge in [0.15, 0.2) is 8.32 Å². The average Bonchev–Trinajstić information content (AvgIpc) is 2.58. The molecule has 0 aromatic carbocycles. The Kier molecular flexibility index (Phi) is 3.90. The van der Waals surface area contributed by atoms with Gasteiger partial charge in [0.2, 0.25) is 0 Å². The van der Waals surface area contributed by atoms with E-state index in [2.05, 4.69) is 54.6 Å². The maximum Gasteiger partial charge on any atom is 0.306 e. The highest BCUT2D eigenvalue weighted by molar-refractivity contribution is 6.74. The molecule has 2 fully saturated rings. The van der Waals surface area contributed by atoms with Gasteiger partial charge in [-0.25, -0.2) is 0 Å². The van der Waals surface area contributed by atoms with Crippen molar-refractivity contribution < 1.29 is 14.0 Å². The van der Waals surface area contributed by atoms with E-state index >= 15 is 0 Å². The van der Waals surface area contributed by atoms with Gasteiger partial charge in [-0.15, -0.1) is 0 Å². The molecule has 0 amide bonds. The Morgan fingerprint density at radius 3 is 2.33 bits per heavy atom. The third-order valence-corrected chi connectivity index (χ3v) is 10.8. The lowest BCUT2D eigenvalue weighted by molar-refractivity contribution is -0.157. The molecule has 3 nitrogen and oxygen atoms in total. The summed E-state index contributed by atoms with van der Waals surface area (Å²) in [6, 6.07) is 0. The molecule has 0 spiro atoms. The van der Waals surface area contributed by atoms with Crippen molar-refractivity contribution >= 4 is 14.3 Å². The van der Waals surface area contributed by atoms with Gasteiger partial charge in [-0.1, -0.05) is 34.6 Å². The highest BCUT2D eigenvalue weighted by Gasteiger charge is 2.59. The van der Waals surface area contributed by atoms with E-state index in [1.807, 2.05) is 0 Å². The number of rotatable bonds is 2. The molecular formula is C17H32O3Si. The Morgan fingerprint density at radius 2 is 1.81 bits per heavy atom. The predicted molar refractivity (Wildman–Crippen MR) is 87.7 cm³/mol. The summed E-state index contributed by atoms with van der Waals surface area (Å²) < 4.78 is 12.4. The van der Waals surface area contributed by atoms with E-state index in [4.69, 9.17) is 9.16 Å². The smallest absolute Gasteiger partial charge is 0.306 e. The highest BCUT2D eigenvalue weighted by atomic mass is 28.4. The predicted octanol–water partition coefficient (Wildman–Crippen LogP) is 4.52. The van der Waals surface area contributed by atoms with Crippen LogP contribution in [0.4, 0.5) is 0 Å². The summed E-state index contributed by atoms with van der Waals surface area (Å²) in [5, 5.41) is 0.214. The van der Waals surface area contributed by atoms with Gasteiger partial charge >= 0.3 is 5.97 Å². The lowest BCUT2D eigenvalue weighted by Crippen LogP contribution is -2.56. The van der Waals surface area contributed by atoms with Crippen LogP contribution in [0.3, 0.4) is 0 Å². The van der Waals surface area contributed by atoms with Gasteiger partial charge in [-0.05, 0) is 43.3 Å². The molecule has 3 atom stereocenters. The van der Waals surface area contributed by atoms with Crippen molar-refractivity contribution in [3.8, 4) is 0 Å². The van der Waals surface area contributed by atoms with Crippen LogP contribution in [0, 0.1) is 11.3 Å². The molecule has 1 aliphatic carbocycles. The Balaban J connectivity index is 2.23. The average molecular weight is 313 g/mol. The molecule has 21 heavy (non-hydrogen) atoms. The van der Waals surface area contributed by atoms with E-state index in [0.717, 1.165) is 12.8 Å². The third-order valence-electron chi connectivity index (χ3n) is 6.33. The minimum Gasteiger partial charge on any atom is -0.459 e. The summed E-state index contributed by atoms with van der Waals surface area (Å²) >= 11 is 0. The molecule has 122 valence electrons. The topological polar surface area (TPSA) is 35.5 Å². The van der Waals surface area contributed by atoms with Crippen LogP contribution >= 0.6 is 0 Å². The molecule has 0 unspecified atom stereocenters. The zero-order valence-corrected chi connectivity index (χ0v) is 16.0. The third kappa shape index (κ3) is 2.81. The monoisotopic (exact) mass is 312 g/mol. The Hall–Kier alpha value is -0.353. The van der Waals surface area contributed by atoms with Crippen LogP contribution in [0.25, 0.3) is 0 Å². The molecule has 0 bridgehead atoms. The van der Waals surface area contributed by atoms with Crippen molar-refractivity contribution in [3.63, 3.8) is 0 Å². The van der Waals surface area contributed by atoms with Crippen molar-refractivity contribution in [2.24, 2.45) is 11.3 Å². The van der Waals surface area contributed by atoms with Gasteiger partial charge in [0.05, 0.1) is 12.5 Å². The molecule has 0 aromatic heterocycles. The normalized spacial score (nSPS) is 36.3. The Bertz CT molecular complexity index is 436. The first kappa shape index (κ1) is 17.0. The van der Waals surface area contributed by atoms with Crippen molar-refractivity contribution in [2.45, 2.75) is 90.6 Å². The molecule has 0 aromatic rings. The lowest BCUT2D eigenvalue weighted by atomic mass is 9.60. The van der Waals surface area contributed by atoms with Gasteiger partial charge < -0.3 is 9.16 Å². The van der Waals surface area contributed by atoms with Gasteiger partial charge in [0.25, 0.3) is 0 Å². The molecule has 1 aliphatic heterocycles. The fraction of sp³-hybridized carbons (Fsp3) is 0.941. The molecule has 2 aliphatic rings. The number of carbonyl (C=O) groups is 1. The molecule has 4 heteroatoms. The van der Waals surface area contributed by atoms with E-state index < -0.39 is 8.32 Å². The number of fused-ring (bicyclic) bond motifs is 1. The number of hydrogen-bond donors (Lipinski definition) is 0. The van der Waals surface area contributed by atoms with Crippen LogP contribution in [-0.4, -0.2) is 26.0 Å². The zero-order chi connectivity index (χ0) is 16.3. The summed E-state index contributed by atoms with van der Waals surface area (Å²) in [7, 11) is -1.79. The molecule has 1 saturated carbocycles. The first-order valence-electron chi connectivity index (χ1n) is 8.19. The summed E-state index contributed by atoms with van der Waals surface area (Å²) in [6.07, 6.45) is 2.68.